The van der Waals surface area contributed by atoms with E-state index in [1.807, 2.05) is 12.1 Å². The number of hydrogen-bond acceptors (Lipinski definition) is 3. The molecule has 1 N–H and O–H groups in total. The Labute approximate surface area is 138 Å². The van der Waals surface area contributed by atoms with E-state index in [1.54, 1.807) is 42.1 Å². The molecule has 112 valence electrons. The zero-order chi connectivity index (χ0) is 15.3. The van der Waals surface area contributed by atoms with Gasteiger partial charge in [-0.15, -0.1) is 11.8 Å². The van der Waals surface area contributed by atoms with Gasteiger partial charge in [0, 0.05) is 22.2 Å². The molecule has 0 saturated carbocycles. The monoisotopic (exact) mass is 361 g/mol. The van der Waals surface area contributed by atoms with E-state index in [4.69, 9.17) is 23.2 Å². The quantitative estimate of drug-likeness (QED) is 0.623. The van der Waals surface area contributed by atoms with Crippen molar-refractivity contribution in [3.8, 4) is 0 Å². The van der Waals surface area contributed by atoms with Gasteiger partial charge in [-0.2, -0.15) is 0 Å². The molecule has 0 spiro atoms. The second-order valence-electron chi connectivity index (χ2n) is 4.13. The summed E-state index contributed by atoms with van der Waals surface area (Å²) >= 11 is 13.2. The minimum atomic E-state index is -3.57. The van der Waals surface area contributed by atoms with Gasteiger partial charge in [0.25, 0.3) is 0 Å². The van der Waals surface area contributed by atoms with Gasteiger partial charge in [0.1, 0.15) is 4.90 Å². The number of halogens is 2. The van der Waals surface area contributed by atoms with Crippen molar-refractivity contribution < 1.29 is 8.42 Å². The first-order chi connectivity index (χ1) is 9.99. The summed E-state index contributed by atoms with van der Waals surface area (Å²) in [5.74, 6) is 0.616. The van der Waals surface area contributed by atoms with Crippen LogP contribution in [0.1, 0.15) is 0 Å². The summed E-state index contributed by atoms with van der Waals surface area (Å²) in [6, 6.07) is 13.8. The van der Waals surface area contributed by atoms with E-state index in [0.717, 1.165) is 4.90 Å². The van der Waals surface area contributed by atoms with E-state index in [9.17, 15) is 8.42 Å². The molecule has 2 aromatic rings. The van der Waals surface area contributed by atoms with Crippen LogP contribution in [0.5, 0.6) is 0 Å². The Kier molecular flexibility index (Phi) is 5.96. The van der Waals surface area contributed by atoms with Gasteiger partial charge in [-0.3, -0.25) is 0 Å². The second-order valence-corrected chi connectivity index (χ2v) is 7.88. The molecule has 3 nitrogen and oxygen atoms in total. The molecular weight excluding hydrogens is 349 g/mol. The highest BCUT2D eigenvalue weighted by atomic mass is 35.5. The molecule has 2 rings (SSSR count). The zero-order valence-electron chi connectivity index (χ0n) is 10.9. The molecule has 0 unspecified atom stereocenters. The molecule has 0 radical (unpaired) electrons. The molecule has 2 aromatic carbocycles. The van der Waals surface area contributed by atoms with Gasteiger partial charge in [0.2, 0.25) is 10.0 Å². The number of nitrogens with one attached hydrogen (secondary N) is 1. The summed E-state index contributed by atoms with van der Waals surface area (Å²) in [5.41, 5.74) is 0. The molecule has 0 fully saturated rings. The minimum Gasteiger partial charge on any atom is -0.210 e. The third kappa shape index (κ3) is 4.90. The second kappa shape index (κ2) is 7.51. The Hall–Kier alpha value is -0.720. The van der Waals surface area contributed by atoms with E-state index in [0.29, 0.717) is 17.3 Å². The Morgan fingerprint density at radius 3 is 2.33 bits per heavy atom. The highest BCUT2D eigenvalue weighted by Crippen LogP contribution is 2.21. The normalized spacial score (nSPS) is 11.5. The molecule has 0 saturated heterocycles. The van der Waals surface area contributed by atoms with E-state index in [1.165, 1.54) is 6.07 Å². The van der Waals surface area contributed by atoms with Crippen LogP contribution >= 0.6 is 35.0 Å². The number of rotatable bonds is 6. The van der Waals surface area contributed by atoms with Crippen molar-refractivity contribution in [1.82, 2.24) is 4.72 Å². The summed E-state index contributed by atoms with van der Waals surface area (Å²) in [6.07, 6.45) is 0. The van der Waals surface area contributed by atoms with Crippen LogP contribution in [0.4, 0.5) is 0 Å². The topological polar surface area (TPSA) is 46.2 Å². The summed E-state index contributed by atoms with van der Waals surface area (Å²) in [4.78, 5) is 1.14. The molecule has 0 atom stereocenters. The van der Waals surface area contributed by atoms with Crippen LogP contribution < -0.4 is 4.72 Å². The lowest BCUT2D eigenvalue weighted by Crippen LogP contribution is -2.26. The van der Waals surface area contributed by atoms with E-state index < -0.39 is 10.0 Å². The van der Waals surface area contributed by atoms with Crippen LogP contribution in [0.3, 0.4) is 0 Å². The van der Waals surface area contributed by atoms with Crippen LogP contribution in [-0.2, 0) is 10.0 Å². The molecule has 0 amide bonds. The lowest BCUT2D eigenvalue weighted by atomic mass is 10.4. The van der Waals surface area contributed by atoms with Crippen molar-refractivity contribution in [1.29, 1.82) is 0 Å². The molecule has 7 heteroatoms. The van der Waals surface area contributed by atoms with E-state index in [2.05, 4.69) is 4.72 Å². The first-order valence-corrected chi connectivity index (χ1v) is 9.34. The summed E-state index contributed by atoms with van der Waals surface area (Å²) < 4.78 is 26.7. The minimum absolute atomic E-state index is 0.100. The lowest BCUT2D eigenvalue weighted by molar-refractivity contribution is 0.584. The Bertz CT molecular complexity index is 703. The van der Waals surface area contributed by atoms with Crippen LogP contribution in [0.15, 0.2) is 58.3 Å². The Morgan fingerprint density at radius 2 is 1.67 bits per heavy atom. The highest BCUT2D eigenvalue weighted by Gasteiger charge is 2.16. The van der Waals surface area contributed by atoms with Crippen molar-refractivity contribution >= 4 is 45.0 Å². The number of thioether (sulfide) groups is 1. The standard InChI is InChI=1S/C14H13Cl2NO2S2/c15-11-5-7-12(8-6-11)20-10-9-17-21(18,19)14-4-2-1-3-13(14)16/h1-8,17H,9-10H2. The molecular formula is C14H13Cl2NO2S2. The summed E-state index contributed by atoms with van der Waals surface area (Å²) in [7, 11) is -3.57. The third-order valence-corrected chi connectivity index (χ3v) is 5.83. The van der Waals surface area contributed by atoms with Gasteiger partial charge in [-0.1, -0.05) is 35.3 Å². The van der Waals surface area contributed by atoms with Gasteiger partial charge >= 0.3 is 0 Å². The van der Waals surface area contributed by atoms with Gasteiger partial charge in [-0.05, 0) is 36.4 Å². The number of benzene rings is 2. The summed E-state index contributed by atoms with van der Waals surface area (Å²) in [6.45, 7) is 0.320. The maximum absolute atomic E-state index is 12.1. The Morgan fingerprint density at radius 1 is 1.00 bits per heavy atom. The van der Waals surface area contributed by atoms with Crippen LogP contribution in [0.25, 0.3) is 0 Å². The average molecular weight is 362 g/mol. The summed E-state index contributed by atoms with van der Waals surface area (Å²) in [5, 5.41) is 0.897. The third-order valence-electron chi connectivity index (χ3n) is 2.60. The van der Waals surface area contributed by atoms with Crippen molar-refractivity contribution in [2.45, 2.75) is 9.79 Å². The van der Waals surface area contributed by atoms with Gasteiger partial charge in [0.05, 0.1) is 5.02 Å². The fraction of sp³-hybridized carbons (Fsp3) is 0.143. The first-order valence-electron chi connectivity index (χ1n) is 6.11. The van der Waals surface area contributed by atoms with Crippen LogP contribution in [0.2, 0.25) is 10.0 Å². The SMILES string of the molecule is O=S(=O)(NCCSc1ccc(Cl)cc1)c1ccccc1Cl. The largest absolute Gasteiger partial charge is 0.242 e. The van der Waals surface area contributed by atoms with Crippen molar-refractivity contribution in [3.63, 3.8) is 0 Å². The highest BCUT2D eigenvalue weighted by molar-refractivity contribution is 7.99. The smallest absolute Gasteiger partial charge is 0.210 e. The van der Waals surface area contributed by atoms with Gasteiger partial charge in [-0.25, -0.2) is 13.1 Å². The predicted octanol–water partition coefficient (Wildman–Crippen LogP) is 4.06. The molecule has 0 aromatic heterocycles. The molecule has 0 heterocycles. The van der Waals surface area contributed by atoms with Gasteiger partial charge < -0.3 is 0 Å². The molecule has 0 aliphatic rings. The van der Waals surface area contributed by atoms with Gasteiger partial charge in [0.15, 0.2) is 0 Å². The molecule has 0 bridgehead atoms. The number of hydrogen-bond donors (Lipinski definition) is 1. The maximum atomic E-state index is 12.1. The molecule has 0 aliphatic carbocycles. The number of sulfonamides is 1. The fourth-order valence-corrected chi connectivity index (χ4v) is 4.19. The Balaban J connectivity index is 1.88. The lowest BCUT2D eigenvalue weighted by Gasteiger charge is -2.08. The van der Waals surface area contributed by atoms with Crippen molar-refractivity contribution in [2.75, 3.05) is 12.3 Å². The van der Waals surface area contributed by atoms with Crippen LogP contribution in [0, 0.1) is 0 Å². The molecule has 21 heavy (non-hydrogen) atoms. The maximum Gasteiger partial charge on any atom is 0.242 e. The molecule has 0 aliphatic heterocycles. The van der Waals surface area contributed by atoms with Crippen LogP contribution in [-0.4, -0.2) is 20.7 Å². The first kappa shape index (κ1) is 16.6. The van der Waals surface area contributed by atoms with E-state index in [-0.39, 0.29) is 9.92 Å². The average Bonchev–Trinajstić information content (AvgIpc) is 2.46. The predicted molar refractivity (Wildman–Crippen MR) is 88.8 cm³/mol. The zero-order valence-corrected chi connectivity index (χ0v) is 14.1. The van der Waals surface area contributed by atoms with Crippen molar-refractivity contribution in [3.05, 3.63) is 58.6 Å². The van der Waals surface area contributed by atoms with Crippen molar-refractivity contribution in [2.24, 2.45) is 0 Å². The van der Waals surface area contributed by atoms with E-state index >= 15 is 0 Å². The fourth-order valence-electron chi connectivity index (χ4n) is 1.62.